The first-order valence-electron chi connectivity index (χ1n) is 12.2. The van der Waals surface area contributed by atoms with E-state index in [0.717, 1.165) is 25.0 Å². The van der Waals surface area contributed by atoms with Gasteiger partial charge in [-0.3, -0.25) is 9.59 Å². The number of hydrogen-bond donors (Lipinski definition) is 2. The fourth-order valence-corrected chi connectivity index (χ4v) is 6.11. The van der Waals surface area contributed by atoms with Crippen molar-refractivity contribution >= 4 is 33.3 Å². The molecule has 1 saturated carbocycles. The van der Waals surface area contributed by atoms with Crippen molar-refractivity contribution in [1.29, 1.82) is 0 Å². The summed E-state index contributed by atoms with van der Waals surface area (Å²) >= 11 is 5.70. The number of benzene rings is 2. The predicted octanol–water partition coefficient (Wildman–Crippen LogP) is 3.89. The normalized spacial score (nSPS) is 22.6. The van der Waals surface area contributed by atoms with E-state index in [1.807, 2.05) is 13.8 Å². The molecule has 0 spiro atoms. The van der Waals surface area contributed by atoms with Crippen LogP contribution in [0.1, 0.15) is 55.1 Å². The zero-order valence-corrected chi connectivity index (χ0v) is 22.0. The van der Waals surface area contributed by atoms with Gasteiger partial charge in [-0.2, -0.15) is 0 Å². The van der Waals surface area contributed by atoms with Crippen LogP contribution in [0.5, 0.6) is 0 Å². The quantitative estimate of drug-likeness (QED) is 0.482. The summed E-state index contributed by atoms with van der Waals surface area (Å²) in [5.41, 5.74) is 0.110. The standard InChI is InChI=1S/C26H29ClF2N2O5S/c1-14-10-23(25(33)30-24(16-6-7-16)19-12-22(29)20(27)13-21(19)28)31(15(14)2)26(34)17-4-3-5-18(11-17)37(35,36)9-8-32/h3-5,11-16,23-24,32H,6-10H2,1-2H3,(H,30,33)/t14-,15-,23-,24?/m1/s1. The largest absolute Gasteiger partial charge is 0.395 e. The van der Waals surface area contributed by atoms with Crippen LogP contribution in [0.3, 0.4) is 0 Å². The molecule has 11 heteroatoms. The van der Waals surface area contributed by atoms with Gasteiger partial charge in [-0.25, -0.2) is 17.2 Å². The topological polar surface area (TPSA) is 104 Å². The molecule has 2 aliphatic rings. The maximum atomic E-state index is 14.7. The zero-order valence-electron chi connectivity index (χ0n) is 20.5. The molecule has 4 atom stereocenters. The Morgan fingerprint density at radius 3 is 2.51 bits per heavy atom. The number of amides is 2. The fourth-order valence-electron chi connectivity index (χ4n) is 4.90. The van der Waals surface area contributed by atoms with Crippen LogP contribution >= 0.6 is 11.6 Å². The van der Waals surface area contributed by atoms with Crippen LogP contribution < -0.4 is 5.32 Å². The van der Waals surface area contributed by atoms with Gasteiger partial charge < -0.3 is 15.3 Å². The molecule has 0 radical (unpaired) electrons. The van der Waals surface area contributed by atoms with Crippen LogP contribution in [0.25, 0.3) is 0 Å². The maximum Gasteiger partial charge on any atom is 0.254 e. The van der Waals surface area contributed by atoms with Crippen LogP contribution in [-0.2, 0) is 14.6 Å². The number of halogens is 3. The highest BCUT2D eigenvalue weighted by Crippen LogP contribution is 2.43. The van der Waals surface area contributed by atoms with Gasteiger partial charge in [-0.15, -0.1) is 0 Å². The summed E-state index contributed by atoms with van der Waals surface area (Å²) in [6.45, 7) is 3.17. The Kier molecular flexibility index (Phi) is 7.92. The van der Waals surface area contributed by atoms with Crippen LogP contribution in [0.2, 0.25) is 5.02 Å². The lowest BCUT2D eigenvalue weighted by molar-refractivity contribution is -0.126. The summed E-state index contributed by atoms with van der Waals surface area (Å²) in [5.74, 6) is -3.07. The highest BCUT2D eigenvalue weighted by atomic mass is 35.5. The lowest BCUT2D eigenvalue weighted by Gasteiger charge is -2.30. The molecule has 0 aromatic heterocycles. The Balaban J connectivity index is 1.61. The van der Waals surface area contributed by atoms with Gasteiger partial charge in [-0.05, 0) is 68.4 Å². The lowest BCUT2D eigenvalue weighted by atomic mass is 9.99. The highest BCUT2D eigenvalue weighted by molar-refractivity contribution is 7.91. The number of carbonyl (C=O) groups excluding carboxylic acids is 2. The number of likely N-dealkylation sites (tertiary alicyclic amines) is 1. The molecule has 200 valence electrons. The van der Waals surface area contributed by atoms with Gasteiger partial charge in [0, 0.05) is 17.2 Å². The first kappa shape index (κ1) is 27.5. The van der Waals surface area contributed by atoms with Gasteiger partial charge in [0.15, 0.2) is 9.84 Å². The highest BCUT2D eigenvalue weighted by Gasteiger charge is 2.45. The number of sulfone groups is 1. The van der Waals surface area contributed by atoms with E-state index in [2.05, 4.69) is 5.32 Å². The van der Waals surface area contributed by atoms with E-state index in [-0.39, 0.29) is 38.9 Å². The Bertz CT molecular complexity index is 1320. The molecule has 1 heterocycles. The van der Waals surface area contributed by atoms with Gasteiger partial charge in [-0.1, -0.05) is 24.6 Å². The molecular formula is C26H29ClF2N2O5S. The third-order valence-corrected chi connectivity index (χ3v) is 9.28. The molecule has 2 N–H and O–H groups in total. The second kappa shape index (κ2) is 10.7. The van der Waals surface area contributed by atoms with E-state index < -0.39 is 57.7 Å². The van der Waals surface area contributed by atoms with Crippen molar-refractivity contribution in [3.8, 4) is 0 Å². The molecule has 1 aliphatic heterocycles. The van der Waals surface area contributed by atoms with Crippen LogP contribution in [-0.4, -0.2) is 54.7 Å². The average molecular weight is 555 g/mol. The monoisotopic (exact) mass is 554 g/mol. The van der Waals surface area contributed by atoms with Crippen molar-refractivity contribution in [2.45, 2.75) is 56.1 Å². The number of hydrogen-bond acceptors (Lipinski definition) is 5. The molecular weight excluding hydrogens is 526 g/mol. The molecule has 2 aromatic rings. The third kappa shape index (κ3) is 5.66. The Labute approximate surface area is 219 Å². The lowest BCUT2D eigenvalue weighted by Crippen LogP contribution is -2.49. The van der Waals surface area contributed by atoms with Crippen LogP contribution in [0.15, 0.2) is 41.3 Å². The summed E-state index contributed by atoms with van der Waals surface area (Å²) in [6, 6.07) is 5.43. The van der Waals surface area contributed by atoms with Gasteiger partial charge in [0.2, 0.25) is 5.91 Å². The van der Waals surface area contributed by atoms with Crippen molar-refractivity contribution in [3.63, 3.8) is 0 Å². The second-order valence-electron chi connectivity index (χ2n) is 9.86. The SMILES string of the molecule is C[C@@H]1C[C@H](C(=O)NC(c2cc(F)c(Cl)cc2F)C2CC2)N(C(=O)c2cccc(S(=O)(=O)CCO)c2)[C@@H]1C. The van der Waals surface area contributed by atoms with E-state index in [4.69, 9.17) is 16.7 Å². The van der Waals surface area contributed by atoms with Crippen molar-refractivity contribution in [2.75, 3.05) is 12.4 Å². The number of aliphatic hydroxyl groups excluding tert-OH is 1. The maximum absolute atomic E-state index is 14.7. The second-order valence-corrected chi connectivity index (χ2v) is 12.4. The minimum atomic E-state index is -3.78. The van der Waals surface area contributed by atoms with Crippen molar-refractivity contribution in [1.82, 2.24) is 10.2 Å². The number of nitrogens with zero attached hydrogens (tertiary/aromatic N) is 1. The summed E-state index contributed by atoms with van der Waals surface area (Å²) in [5, 5.41) is 11.6. The van der Waals surface area contributed by atoms with Crippen LogP contribution in [0.4, 0.5) is 8.78 Å². The molecule has 4 rings (SSSR count). The summed E-state index contributed by atoms with van der Waals surface area (Å²) in [4.78, 5) is 28.4. The first-order valence-corrected chi connectivity index (χ1v) is 14.2. The first-order chi connectivity index (χ1) is 17.4. The van der Waals surface area contributed by atoms with Crippen molar-refractivity contribution < 1.29 is 31.9 Å². The van der Waals surface area contributed by atoms with Crippen LogP contribution in [0, 0.1) is 23.5 Å². The van der Waals surface area contributed by atoms with E-state index in [9.17, 15) is 26.8 Å². The number of rotatable bonds is 8. The molecule has 2 fully saturated rings. The predicted molar refractivity (Wildman–Crippen MR) is 134 cm³/mol. The van der Waals surface area contributed by atoms with E-state index >= 15 is 0 Å². The molecule has 1 unspecified atom stereocenters. The molecule has 0 bridgehead atoms. The summed E-state index contributed by atoms with van der Waals surface area (Å²) in [7, 11) is -3.78. The van der Waals surface area contributed by atoms with Gasteiger partial charge in [0.25, 0.3) is 5.91 Å². The van der Waals surface area contributed by atoms with Gasteiger partial charge >= 0.3 is 0 Å². The number of carbonyl (C=O) groups is 2. The molecule has 2 amide bonds. The van der Waals surface area contributed by atoms with Crippen molar-refractivity contribution in [2.24, 2.45) is 11.8 Å². The van der Waals surface area contributed by atoms with E-state index in [1.54, 1.807) is 0 Å². The van der Waals surface area contributed by atoms with E-state index in [1.165, 1.54) is 29.2 Å². The Morgan fingerprint density at radius 1 is 1.16 bits per heavy atom. The molecule has 37 heavy (non-hydrogen) atoms. The summed E-state index contributed by atoms with van der Waals surface area (Å²) in [6.07, 6.45) is 1.84. The Morgan fingerprint density at radius 2 is 1.86 bits per heavy atom. The molecule has 1 saturated heterocycles. The number of aliphatic hydroxyl groups is 1. The van der Waals surface area contributed by atoms with Gasteiger partial charge in [0.05, 0.1) is 28.3 Å². The summed E-state index contributed by atoms with van der Waals surface area (Å²) < 4.78 is 53.6. The number of nitrogens with one attached hydrogen (secondary N) is 1. The zero-order chi connectivity index (χ0) is 27.1. The minimum absolute atomic E-state index is 0.0107. The molecule has 7 nitrogen and oxygen atoms in total. The van der Waals surface area contributed by atoms with Gasteiger partial charge in [0.1, 0.15) is 17.7 Å². The molecule has 2 aromatic carbocycles. The van der Waals surface area contributed by atoms with Crippen molar-refractivity contribution in [3.05, 3.63) is 64.2 Å². The van der Waals surface area contributed by atoms with E-state index in [0.29, 0.717) is 6.42 Å². The Hall–Kier alpha value is -2.56. The average Bonchev–Trinajstić information content (AvgIpc) is 3.65. The molecule has 1 aliphatic carbocycles. The third-order valence-electron chi connectivity index (χ3n) is 7.30. The smallest absolute Gasteiger partial charge is 0.254 e. The minimum Gasteiger partial charge on any atom is -0.395 e. The fraction of sp³-hybridized carbons (Fsp3) is 0.462.